The monoisotopic (exact) mass is 281 g/mol. The first kappa shape index (κ1) is 14.9. The lowest BCUT2D eigenvalue weighted by Gasteiger charge is -2.29. The number of aryl methyl sites for hydroxylation is 2. The van der Waals surface area contributed by atoms with Crippen molar-refractivity contribution in [2.24, 2.45) is 5.92 Å². The van der Waals surface area contributed by atoms with Crippen molar-refractivity contribution in [3.63, 3.8) is 0 Å². The maximum atomic E-state index is 4.70. The Kier molecular flexibility index (Phi) is 4.98. The van der Waals surface area contributed by atoms with E-state index >= 15 is 0 Å². The Hall–Kier alpha value is -0.450. The van der Waals surface area contributed by atoms with Gasteiger partial charge in [-0.3, -0.25) is 4.90 Å². The second-order valence-electron chi connectivity index (χ2n) is 6.12. The molecule has 0 radical (unpaired) electrons. The Morgan fingerprint density at radius 2 is 2.16 bits per heavy atom. The van der Waals surface area contributed by atoms with E-state index in [1.165, 1.54) is 22.0 Å². The van der Waals surface area contributed by atoms with Gasteiger partial charge in [0.25, 0.3) is 0 Å². The van der Waals surface area contributed by atoms with Gasteiger partial charge in [-0.15, -0.1) is 11.3 Å². The van der Waals surface area contributed by atoms with Gasteiger partial charge in [-0.05, 0) is 39.7 Å². The van der Waals surface area contributed by atoms with E-state index in [4.69, 9.17) is 4.98 Å². The standard InChI is InChI=1S/C15H27N3S/c1-10(2)14-8-18(11(3)6-7-16-14)9-15-17-12(4)13(5)19-15/h10-11,14,16H,6-9H2,1-5H3. The van der Waals surface area contributed by atoms with Gasteiger partial charge < -0.3 is 5.32 Å². The summed E-state index contributed by atoms with van der Waals surface area (Å²) in [5.74, 6) is 0.688. The lowest BCUT2D eigenvalue weighted by molar-refractivity contribution is 0.184. The molecule has 0 aliphatic carbocycles. The largest absolute Gasteiger partial charge is 0.312 e. The van der Waals surface area contributed by atoms with Gasteiger partial charge in [-0.1, -0.05) is 13.8 Å². The molecule has 0 amide bonds. The van der Waals surface area contributed by atoms with Gasteiger partial charge in [0.1, 0.15) is 5.01 Å². The Morgan fingerprint density at radius 1 is 1.42 bits per heavy atom. The predicted molar refractivity (Wildman–Crippen MR) is 82.7 cm³/mol. The first-order valence-electron chi connectivity index (χ1n) is 7.37. The zero-order valence-corrected chi connectivity index (χ0v) is 13.7. The Balaban J connectivity index is 2.07. The summed E-state index contributed by atoms with van der Waals surface area (Å²) in [7, 11) is 0. The number of nitrogens with zero attached hydrogens (tertiary/aromatic N) is 2. The van der Waals surface area contributed by atoms with Crippen LogP contribution in [0.4, 0.5) is 0 Å². The summed E-state index contributed by atoms with van der Waals surface area (Å²) in [5.41, 5.74) is 1.20. The Morgan fingerprint density at radius 3 is 2.74 bits per heavy atom. The highest BCUT2D eigenvalue weighted by Crippen LogP contribution is 2.21. The van der Waals surface area contributed by atoms with Gasteiger partial charge in [-0.25, -0.2) is 4.98 Å². The molecule has 3 nitrogen and oxygen atoms in total. The van der Waals surface area contributed by atoms with E-state index < -0.39 is 0 Å². The maximum Gasteiger partial charge on any atom is 0.107 e. The molecule has 1 saturated heterocycles. The fraction of sp³-hybridized carbons (Fsp3) is 0.800. The van der Waals surface area contributed by atoms with Crippen molar-refractivity contribution in [2.75, 3.05) is 13.1 Å². The highest BCUT2D eigenvalue weighted by Gasteiger charge is 2.25. The zero-order chi connectivity index (χ0) is 14.0. The van der Waals surface area contributed by atoms with E-state index in [0.29, 0.717) is 18.0 Å². The van der Waals surface area contributed by atoms with E-state index in [1.54, 1.807) is 0 Å². The average molecular weight is 281 g/mol. The highest BCUT2D eigenvalue weighted by atomic mass is 32.1. The molecule has 2 atom stereocenters. The van der Waals surface area contributed by atoms with Gasteiger partial charge in [0.2, 0.25) is 0 Å². The van der Waals surface area contributed by atoms with Crippen LogP contribution in [0.1, 0.15) is 42.8 Å². The molecule has 2 rings (SSSR count). The lowest BCUT2D eigenvalue weighted by Crippen LogP contribution is -2.42. The third-order valence-electron chi connectivity index (χ3n) is 4.24. The quantitative estimate of drug-likeness (QED) is 0.923. The third kappa shape index (κ3) is 3.77. The molecule has 1 N–H and O–H groups in total. The molecule has 2 unspecified atom stereocenters. The summed E-state index contributed by atoms with van der Waals surface area (Å²) in [6, 6.07) is 1.24. The first-order valence-corrected chi connectivity index (χ1v) is 8.19. The Labute approximate surface area is 121 Å². The predicted octanol–water partition coefficient (Wildman–Crippen LogP) is 2.97. The van der Waals surface area contributed by atoms with Crippen LogP contribution >= 0.6 is 11.3 Å². The minimum Gasteiger partial charge on any atom is -0.312 e. The number of thiazole rings is 1. The molecular formula is C15H27N3S. The van der Waals surface area contributed by atoms with Crippen LogP contribution < -0.4 is 5.32 Å². The molecule has 1 fully saturated rings. The van der Waals surface area contributed by atoms with Crippen LogP contribution in [0, 0.1) is 19.8 Å². The average Bonchev–Trinajstić information content (AvgIpc) is 2.54. The normalized spacial score (nSPS) is 25.8. The Bertz CT molecular complexity index is 394. The van der Waals surface area contributed by atoms with E-state index in [0.717, 1.165) is 19.6 Å². The maximum absolute atomic E-state index is 4.70. The lowest BCUT2D eigenvalue weighted by atomic mass is 10.0. The second-order valence-corrected chi connectivity index (χ2v) is 7.41. The summed E-state index contributed by atoms with van der Waals surface area (Å²) >= 11 is 1.85. The van der Waals surface area contributed by atoms with Crippen molar-refractivity contribution >= 4 is 11.3 Å². The van der Waals surface area contributed by atoms with Crippen LogP contribution in [0.3, 0.4) is 0 Å². The van der Waals surface area contributed by atoms with Gasteiger partial charge in [0.05, 0.1) is 12.2 Å². The molecular weight excluding hydrogens is 254 g/mol. The van der Waals surface area contributed by atoms with Crippen molar-refractivity contribution in [3.05, 3.63) is 15.6 Å². The van der Waals surface area contributed by atoms with Crippen molar-refractivity contribution < 1.29 is 0 Å². The first-order chi connectivity index (χ1) is 8.97. The molecule has 4 heteroatoms. The summed E-state index contributed by atoms with van der Waals surface area (Å²) in [5, 5.41) is 4.95. The van der Waals surface area contributed by atoms with Crippen LogP contribution in [-0.4, -0.2) is 35.1 Å². The molecule has 0 spiro atoms. The van der Waals surface area contributed by atoms with E-state index in [1.807, 2.05) is 11.3 Å². The fourth-order valence-electron chi connectivity index (χ4n) is 2.60. The van der Waals surface area contributed by atoms with Crippen LogP contribution in [0.2, 0.25) is 0 Å². The van der Waals surface area contributed by atoms with Crippen LogP contribution in [-0.2, 0) is 6.54 Å². The van der Waals surface area contributed by atoms with Crippen LogP contribution in [0.15, 0.2) is 0 Å². The minimum absolute atomic E-state index is 0.604. The topological polar surface area (TPSA) is 28.2 Å². The minimum atomic E-state index is 0.604. The van der Waals surface area contributed by atoms with Gasteiger partial charge in [0, 0.05) is 23.5 Å². The number of aromatic nitrogens is 1. The van der Waals surface area contributed by atoms with Crippen LogP contribution in [0.25, 0.3) is 0 Å². The van der Waals surface area contributed by atoms with E-state index in [-0.39, 0.29) is 0 Å². The number of hydrogen-bond donors (Lipinski definition) is 1. The highest BCUT2D eigenvalue weighted by molar-refractivity contribution is 7.11. The molecule has 0 bridgehead atoms. The van der Waals surface area contributed by atoms with Gasteiger partial charge in [-0.2, -0.15) is 0 Å². The SMILES string of the molecule is Cc1nc(CN2CC(C(C)C)NCCC2C)sc1C. The molecule has 2 heterocycles. The second kappa shape index (κ2) is 6.33. The van der Waals surface area contributed by atoms with Crippen molar-refractivity contribution in [2.45, 2.75) is 59.7 Å². The molecule has 1 aromatic heterocycles. The molecule has 0 saturated carbocycles. The van der Waals surface area contributed by atoms with Crippen molar-refractivity contribution in [3.8, 4) is 0 Å². The molecule has 19 heavy (non-hydrogen) atoms. The zero-order valence-electron chi connectivity index (χ0n) is 12.9. The molecule has 1 aliphatic rings. The number of nitrogens with one attached hydrogen (secondary N) is 1. The van der Waals surface area contributed by atoms with Gasteiger partial charge in [0.15, 0.2) is 0 Å². The summed E-state index contributed by atoms with van der Waals surface area (Å²) in [6.45, 7) is 14.5. The molecule has 0 aromatic carbocycles. The van der Waals surface area contributed by atoms with E-state index in [9.17, 15) is 0 Å². The smallest absolute Gasteiger partial charge is 0.107 e. The molecule has 1 aromatic rings. The molecule has 1 aliphatic heterocycles. The fourth-order valence-corrected chi connectivity index (χ4v) is 3.56. The van der Waals surface area contributed by atoms with Crippen LogP contribution in [0.5, 0.6) is 0 Å². The van der Waals surface area contributed by atoms with Crippen molar-refractivity contribution in [1.29, 1.82) is 0 Å². The van der Waals surface area contributed by atoms with Crippen molar-refractivity contribution in [1.82, 2.24) is 15.2 Å². The van der Waals surface area contributed by atoms with E-state index in [2.05, 4.69) is 44.8 Å². The van der Waals surface area contributed by atoms with Gasteiger partial charge >= 0.3 is 0 Å². The number of rotatable bonds is 3. The summed E-state index contributed by atoms with van der Waals surface area (Å²) in [4.78, 5) is 8.65. The third-order valence-corrected chi connectivity index (χ3v) is 5.30. The summed E-state index contributed by atoms with van der Waals surface area (Å²) < 4.78 is 0. The summed E-state index contributed by atoms with van der Waals surface area (Å²) in [6.07, 6.45) is 1.23. The molecule has 108 valence electrons. The number of hydrogen-bond acceptors (Lipinski definition) is 4.